The third kappa shape index (κ3) is 4.13. The lowest BCUT2D eigenvalue weighted by Crippen LogP contribution is -2.51. The number of nitrogens with zero attached hydrogens (tertiary/aromatic N) is 6. The molecule has 3 unspecified atom stereocenters. The fraction of sp³-hybridized carbons (Fsp3) is 0.516. The number of hydrogen-bond donors (Lipinski definition) is 1. The molecule has 4 aromatic rings. The monoisotopic (exact) mass is 639 g/mol. The number of sulfonamides is 1. The zero-order valence-electron chi connectivity index (χ0n) is 25.4. The number of imidazole rings is 1. The number of aromatic nitrogens is 4. The maximum absolute atomic E-state index is 13.9. The summed E-state index contributed by atoms with van der Waals surface area (Å²) in [5.74, 6) is 1.12. The SMILES string of the molecule is COc1cc(C(=O)N2CC3CC4(C)C([C@@H]3N)[C@H]24)cc2nc(-c3cc4ccc(N(C(F)F)S(C)(=O)=O)nc4n3CC3CC3)c(C)n12. The average Bonchev–Trinajstić information content (AvgIpc) is 3.82. The van der Waals surface area contributed by atoms with Crippen LogP contribution in [0.25, 0.3) is 28.1 Å². The molecule has 1 amide bonds. The van der Waals surface area contributed by atoms with Crippen molar-refractivity contribution in [1.82, 2.24) is 23.8 Å². The minimum absolute atomic E-state index is 0.0316. The van der Waals surface area contributed by atoms with Crippen LogP contribution in [-0.4, -0.2) is 76.7 Å². The van der Waals surface area contributed by atoms with Gasteiger partial charge in [-0.1, -0.05) is 6.92 Å². The maximum atomic E-state index is 13.9. The van der Waals surface area contributed by atoms with Crippen molar-refractivity contribution >= 4 is 38.4 Å². The van der Waals surface area contributed by atoms with E-state index < -0.39 is 16.6 Å². The number of anilines is 1. The van der Waals surface area contributed by atoms with Crippen LogP contribution in [0.3, 0.4) is 0 Å². The molecule has 4 aromatic heterocycles. The molecule has 3 saturated carbocycles. The van der Waals surface area contributed by atoms with E-state index >= 15 is 0 Å². The quantitative estimate of drug-likeness (QED) is 0.290. The molecular weight excluding hydrogens is 604 g/mol. The standard InChI is InChI=1S/C31H35F2N7O4S/c1-15-26(20-9-17-7-8-21(40(30(32)33)45(4,42)43)36-28(17)37(20)13-16-5-6-16)35-22-10-18(11-23(44-3)39(15)22)29(41)38-14-19-12-31(2)24(25(19)34)27(31)38/h7-11,16,19,24-25,27,30H,5-6,12-14,34H2,1-4H3/t19?,24?,25-,27+,31?/m1/s1. The molecule has 9 rings (SSSR count). The van der Waals surface area contributed by atoms with Crippen molar-refractivity contribution in [1.29, 1.82) is 0 Å². The molecular formula is C31H35F2N7O4S. The number of nitrogens with two attached hydrogens (primary N) is 1. The number of amides is 1. The molecule has 45 heavy (non-hydrogen) atoms. The van der Waals surface area contributed by atoms with Crippen molar-refractivity contribution in [3.8, 4) is 17.3 Å². The van der Waals surface area contributed by atoms with E-state index in [4.69, 9.17) is 15.5 Å². The molecule has 2 aliphatic heterocycles. The first kappa shape index (κ1) is 28.7. The van der Waals surface area contributed by atoms with E-state index in [1.54, 1.807) is 25.3 Å². The number of hydrogen-bond acceptors (Lipinski definition) is 7. The van der Waals surface area contributed by atoms with Gasteiger partial charge in [0.15, 0.2) is 5.88 Å². The number of fused-ring (bicyclic) bond motifs is 3. The summed E-state index contributed by atoms with van der Waals surface area (Å²) in [6, 6.07) is 8.64. The average molecular weight is 640 g/mol. The first-order chi connectivity index (χ1) is 21.3. The van der Waals surface area contributed by atoms with Crippen molar-refractivity contribution in [2.45, 2.75) is 58.3 Å². The van der Waals surface area contributed by atoms with Crippen LogP contribution in [0.2, 0.25) is 0 Å². The van der Waals surface area contributed by atoms with Crippen molar-refractivity contribution in [2.24, 2.45) is 28.9 Å². The Morgan fingerprint density at radius 1 is 1.22 bits per heavy atom. The number of halogens is 2. The Labute approximate surface area is 259 Å². The highest BCUT2D eigenvalue weighted by Gasteiger charge is 2.75. The Kier molecular flexibility index (Phi) is 5.98. The topological polar surface area (TPSA) is 128 Å². The molecule has 5 atom stereocenters. The maximum Gasteiger partial charge on any atom is 0.329 e. The summed E-state index contributed by atoms with van der Waals surface area (Å²) in [4.78, 5) is 25.3. The lowest BCUT2D eigenvalue weighted by atomic mass is 9.88. The van der Waals surface area contributed by atoms with E-state index in [2.05, 4.69) is 11.9 Å². The molecule has 14 heteroatoms. The van der Waals surface area contributed by atoms with Gasteiger partial charge in [0, 0.05) is 48.1 Å². The summed E-state index contributed by atoms with van der Waals surface area (Å²) in [7, 11) is -2.71. The predicted molar refractivity (Wildman–Crippen MR) is 164 cm³/mol. The van der Waals surface area contributed by atoms with Crippen molar-refractivity contribution in [3.63, 3.8) is 0 Å². The summed E-state index contributed by atoms with van der Waals surface area (Å²) >= 11 is 0. The van der Waals surface area contributed by atoms with Gasteiger partial charge >= 0.3 is 6.55 Å². The first-order valence-electron chi connectivity index (χ1n) is 15.2. The van der Waals surface area contributed by atoms with Gasteiger partial charge in [0.05, 0.1) is 24.8 Å². The Bertz CT molecular complexity index is 2020. The largest absolute Gasteiger partial charge is 0.482 e. The van der Waals surface area contributed by atoms with Crippen LogP contribution >= 0.6 is 0 Å². The van der Waals surface area contributed by atoms with Gasteiger partial charge in [-0.3, -0.25) is 9.20 Å². The van der Waals surface area contributed by atoms with Gasteiger partial charge in [0.25, 0.3) is 5.91 Å². The third-order valence-electron chi connectivity index (χ3n) is 10.6. The zero-order chi connectivity index (χ0) is 31.7. The van der Waals surface area contributed by atoms with Crippen LogP contribution in [0.4, 0.5) is 14.6 Å². The van der Waals surface area contributed by atoms with Gasteiger partial charge in [0.2, 0.25) is 10.0 Å². The second-order valence-corrected chi connectivity index (χ2v) is 15.4. The Hall–Kier alpha value is -3.78. The highest BCUT2D eigenvalue weighted by atomic mass is 32.2. The number of aryl methyl sites for hydroxylation is 1. The molecule has 6 heterocycles. The molecule has 3 aliphatic carbocycles. The second-order valence-electron chi connectivity index (χ2n) is 13.5. The van der Waals surface area contributed by atoms with Crippen molar-refractivity contribution in [2.75, 3.05) is 24.2 Å². The molecule has 0 aromatic carbocycles. The van der Waals surface area contributed by atoms with Gasteiger partial charge in [-0.05, 0) is 67.7 Å². The molecule has 5 aliphatic rings. The van der Waals surface area contributed by atoms with Gasteiger partial charge < -0.3 is 19.9 Å². The molecule has 5 fully saturated rings. The van der Waals surface area contributed by atoms with E-state index in [0.717, 1.165) is 36.9 Å². The normalized spacial score (nSPS) is 27.2. The van der Waals surface area contributed by atoms with Crippen LogP contribution in [0, 0.1) is 30.1 Å². The molecule has 238 valence electrons. The number of rotatable bonds is 8. The van der Waals surface area contributed by atoms with E-state index in [9.17, 15) is 22.0 Å². The first-order valence-corrected chi connectivity index (χ1v) is 17.1. The predicted octanol–water partition coefficient (Wildman–Crippen LogP) is 3.87. The molecule has 4 bridgehead atoms. The summed E-state index contributed by atoms with van der Waals surface area (Å²) < 4.78 is 61.7. The van der Waals surface area contributed by atoms with Crippen molar-refractivity contribution < 1.29 is 26.7 Å². The van der Waals surface area contributed by atoms with Crippen LogP contribution in [0.15, 0.2) is 30.3 Å². The summed E-state index contributed by atoms with van der Waals surface area (Å²) in [6.07, 6.45) is 3.85. The minimum atomic E-state index is -4.27. The van der Waals surface area contributed by atoms with Gasteiger partial charge in [-0.2, -0.15) is 13.1 Å². The molecule has 11 nitrogen and oxygen atoms in total. The summed E-state index contributed by atoms with van der Waals surface area (Å²) in [5.41, 5.74) is 10.1. The van der Waals surface area contributed by atoms with E-state index in [1.165, 1.54) is 6.07 Å². The lowest BCUT2D eigenvalue weighted by molar-refractivity contribution is 0.0538. The lowest BCUT2D eigenvalue weighted by Gasteiger charge is -2.39. The number of ether oxygens (including phenoxy) is 1. The number of alkyl halides is 2. The molecule has 0 radical (unpaired) electrons. The summed E-state index contributed by atoms with van der Waals surface area (Å²) in [6.45, 7) is 2.11. The number of piperidine rings is 2. The smallest absolute Gasteiger partial charge is 0.329 e. The molecule has 2 N–H and O–H groups in total. The fourth-order valence-corrected chi connectivity index (χ4v) is 9.07. The third-order valence-corrected chi connectivity index (χ3v) is 11.7. The number of carbonyl (C=O) groups excluding carboxylic acids is 1. The number of methoxy groups -OCH3 is 1. The van der Waals surface area contributed by atoms with E-state index in [1.807, 2.05) is 26.9 Å². The van der Waals surface area contributed by atoms with Crippen molar-refractivity contribution in [3.05, 3.63) is 41.6 Å². The zero-order valence-corrected chi connectivity index (χ0v) is 26.3. The Morgan fingerprint density at radius 3 is 2.58 bits per heavy atom. The second kappa shape index (κ2) is 9.38. The van der Waals surface area contributed by atoms with E-state index in [0.29, 0.717) is 64.7 Å². The minimum Gasteiger partial charge on any atom is -0.482 e. The highest BCUT2D eigenvalue weighted by molar-refractivity contribution is 7.92. The fourth-order valence-electron chi connectivity index (χ4n) is 8.34. The molecule has 0 spiro atoms. The number of carbonyl (C=O) groups is 1. The number of pyridine rings is 2. The Morgan fingerprint density at radius 2 is 1.98 bits per heavy atom. The highest BCUT2D eigenvalue weighted by Crippen LogP contribution is 2.69. The van der Waals surface area contributed by atoms with Gasteiger partial charge in [-0.25, -0.2) is 18.4 Å². The van der Waals surface area contributed by atoms with Crippen LogP contribution in [-0.2, 0) is 16.6 Å². The van der Waals surface area contributed by atoms with Crippen LogP contribution in [0.1, 0.15) is 42.2 Å². The van der Waals surface area contributed by atoms with Crippen LogP contribution < -0.4 is 14.8 Å². The van der Waals surface area contributed by atoms with Gasteiger partial charge in [0.1, 0.15) is 22.8 Å². The van der Waals surface area contributed by atoms with Gasteiger partial charge in [-0.15, -0.1) is 0 Å². The Balaban J connectivity index is 1.23. The van der Waals surface area contributed by atoms with Crippen LogP contribution in [0.5, 0.6) is 5.88 Å². The molecule has 2 saturated heterocycles. The van der Waals surface area contributed by atoms with E-state index in [-0.39, 0.29) is 33.5 Å². The summed E-state index contributed by atoms with van der Waals surface area (Å²) in [5, 5.41) is 0.672.